The molecule has 0 saturated heterocycles. The first-order valence-corrected chi connectivity index (χ1v) is 8.21. The van der Waals surface area contributed by atoms with E-state index in [1.165, 1.54) is 0 Å². The number of fused-ring (bicyclic) bond motifs is 1. The zero-order valence-corrected chi connectivity index (χ0v) is 14.3. The van der Waals surface area contributed by atoms with Crippen LogP contribution in [0.25, 0.3) is 0 Å². The van der Waals surface area contributed by atoms with E-state index in [0.29, 0.717) is 13.0 Å². The summed E-state index contributed by atoms with van der Waals surface area (Å²) in [6.45, 7) is 10.2. The molecule has 0 aromatic carbocycles. The Morgan fingerprint density at radius 1 is 1.30 bits per heavy atom. The number of hydrogen-bond acceptors (Lipinski definition) is 4. The summed E-state index contributed by atoms with van der Waals surface area (Å²) < 4.78 is 4.07. The molecule has 2 aromatic heterocycles. The van der Waals surface area contributed by atoms with Crippen LogP contribution in [0.3, 0.4) is 0 Å². The summed E-state index contributed by atoms with van der Waals surface area (Å²) >= 11 is 0. The second kappa shape index (κ2) is 6.14. The van der Waals surface area contributed by atoms with Crippen LogP contribution in [-0.4, -0.2) is 41.9 Å². The van der Waals surface area contributed by atoms with E-state index < -0.39 is 0 Å². The zero-order chi connectivity index (χ0) is 16.6. The molecule has 0 N–H and O–H groups in total. The number of amides is 1. The van der Waals surface area contributed by atoms with Crippen LogP contribution in [0, 0.1) is 13.8 Å². The molecule has 0 spiro atoms. The third-order valence-corrected chi connectivity index (χ3v) is 4.43. The average molecular weight is 316 g/mol. The molecule has 3 rings (SSSR count). The first-order valence-electron chi connectivity index (χ1n) is 8.21. The van der Waals surface area contributed by atoms with Crippen molar-refractivity contribution in [1.82, 2.24) is 29.4 Å². The number of aryl methyl sites for hydroxylation is 3. The van der Waals surface area contributed by atoms with Crippen LogP contribution >= 0.6 is 0 Å². The fourth-order valence-corrected chi connectivity index (χ4v) is 3.25. The number of aromatic nitrogens is 5. The van der Waals surface area contributed by atoms with Gasteiger partial charge >= 0.3 is 0 Å². The Morgan fingerprint density at radius 3 is 2.74 bits per heavy atom. The summed E-state index contributed by atoms with van der Waals surface area (Å²) in [4.78, 5) is 14.5. The number of carbonyl (C=O) groups excluding carboxylic acids is 1. The smallest absolute Gasteiger partial charge is 0.225 e. The highest BCUT2D eigenvalue weighted by Gasteiger charge is 2.25. The Hall–Kier alpha value is -2.18. The number of nitrogens with zero attached hydrogens (tertiary/aromatic N) is 6. The first-order chi connectivity index (χ1) is 11.0. The van der Waals surface area contributed by atoms with Crippen LogP contribution in [0.5, 0.6) is 0 Å². The van der Waals surface area contributed by atoms with Gasteiger partial charge in [-0.05, 0) is 26.8 Å². The van der Waals surface area contributed by atoms with E-state index in [9.17, 15) is 4.79 Å². The molecule has 0 unspecified atom stereocenters. The molecule has 23 heavy (non-hydrogen) atoms. The van der Waals surface area contributed by atoms with Gasteiger partial charge in [-0.1, -0.05) is 6.92 Å². The topological polar surface area (TPSA) is 68.8 Å². The summed E-state index contributed by atoms with van der Waals surface area (Å²) in [6, 6.07) is 2.10. The number of hydrogen-bond donors (Lipinski definition) is 0. The van der Waals surface area contributed by atoms with Gasteiger partial charge in [-0.15, -0.1) is 10.2 Å². The van der Waals surface area contributed by atoms with Crippen LogP contribution in [0.2, 0.25) is 0 Å². The van der Waals surface area contributed by atoms with E-state index in [2.05, 4.69) is 26.8 Å². The Bertz CT molecular complexity index is 716. The van der Waals surface area contributed by atoms with E-state index >= 15 is 0 Å². The Labute approximate surface area is 136 Å². The van der Waals surface area contributed by atoms with Crippen LogP contribution in [0.4, 0.5) is 0 Å². The monoisotopic (exact) mass is 316 g/mol. The lowest BCUT2D eigenvalue weighted by Crippen LogP contribution is -2.39. The lowest BCUT2D eigenvalue weighted by Gasteiger charge is -2.29. The van der Waals surface area contributed by atoms with Crippen LogP contribution in [-0.2, 0) is 24.3 Å². The minimum Gasteiger partial charge on any atom is -0.333 e. The molecule has 1 aliphatic heterocycles. The molecule has 2 aromatic rings. The van der Waals surface area contributed by atoms with Gasteiger partial charge in [0, 0.05) is 31.6 Å². The standard InChI is InChI=1S/C16H24N6O/c1-5-14-17-18-15-10-20(6-7-21(14)15)16(23)9-13(4)22-12(3)8-11(2)19-22/h8,13H,5-7,9-10H2,1-4H3/t13-/m0/s1. The van der Waals surface area contributed by atoms with Gasteiger partial charge in [0.1, 0.15) is 5.82 Å². The average Bonchev–Trinajstić information content (AvgIpc) is 3.08. The third kappa shape index (κ3) is 3.00. The second-order valence-electron chi connectivity index (χ2n) is 6.28. The second-order valence-corrected chi connectivity index (χ2v) is 6.28. The maximum Gasteiger partial charge on any atom is 0.225 e. The summed E-state index contributed by atoms with van der Waals surface area (Å²) in [5, 5.41) is 12.9. The van der Waals surface area contributed by atoms with Gasteiger partial charge in [-0.3, -0.25) is 9.48 Å². The van der Waals surface area contributed by atoms with Gasteiger partial charge in [-0.2, -0.15) is 5.10 Å². The van der Waals surface area contributed by atoms with Crippen molar-refractivity contribution in [2.75, 3.05) is 6.54 Å². The van der Waals surface area contributed by atoms with Crippen molar-refractivity contribution >= 4 is 5.91 Å². The van der Waals surface area contributed by atoms with Gasteiger partial charge in [0.05, 0.1) is 18.3 Å². The summed E-state index contributed by atoms with van der Waals surface area (Å²) in [5.41, 5.74) is 2.08. The molecule has 0 bridgehead atoms. The zero-order valence-electron chi connectivity index (χ0n) is 14.3. The molecule has 0 fully saturated rings. The SMILES string of the molecule is CCc1nnc2n1CCN(C(=O)C[C@H](C)n1nc(C)cc1C)C2. The van der Waals surface area contributed by atoms with Crippen LogP contribution < -0.4 is 0 Å². The molecule has 1 atom stereocenters. The Balaban J connectivity index is 1.66. The van der Waals surface area contributed by atoms with Crippen molar-refractivity contribution in [3.8, 4) is 0 Å². The molecule has 0 aliphatic carbocycles. The fourth-order valence-electron chi connectivity index (χ4n) is 3.25. The van der Waals surface area contributed by atoms with Crippen LogP contribution in [0.1, 0.15) is 49.3 Å². The highest BCUT2D eigenvalue weighted by molar-refractivity contribution is 5.76. The van der Waals surface area contributed by atoms with Crippen molar-refractivity contribution in [3.63, 3.8) is 0 Å². The van der Waals surface area contributed by atoms with Crippen molar-refractivity contribution in [3.05, 3.63) is 29.1 Å². The lowest BCUT2D eigenvalue weighted by atomic mass is 10.2. The van der Waals surface area contributed by atoms with Gasteiger partial charge in [0.2, 0.25) is 5.91 Å². The van der Waals surface area contributed by atoms with E-state index in [1.54, 1.807) is 0 Å². The van der Waals surface area contributed by atoms with Crippen LogP contribution in [0.15, 0.2) is 6.07 Å². The fraction of sp³-hybridized carbons (Fsp3) is 0.625. The lowest BCUT2D eigenvalue weighted by molar-refractivity contribution is -0.133. The maximum absolute atomic E-state index is 12.6. The molecule has 1 amide bonds. The van der Waals surface area contributed by atoms with E-state index in [4.69, 9.17) is 0 Å². The molecule has 1 aliphatic rings. The number of rotatable bonds is 4. The van der Waals surface area contributed by atoms with E-state index in [-0.39, 0.29) is 11.9 Å². The summed E-state index contributed by atoms with van der Waals surface area (Å²) in [7, 11) is 0. The van der Waals surface area contributed by atoms with E-state index in [0.717, 1.165) is 42.5 Å². The molecule has 0 saturated carbocycles. The minimum atomic E-state index is 0.0576. The van der Waals surface area contributed by atoms with Crippen molar-refractivity contribution in [1.29, 1.82) is 0 Å². The highest BCUT2D eigenvalue weighted by Crippen LogP contribution is 2.19. The number of carbonyl (C=O) groups is 1. The van der Waals surface area contributed by atoms with Gasteiger partial charge in [0.15, 0.2) is 5.82 Å². The van der Waals surface area contributed by atoms with E-state index in [1.807, 2.05) is 36.4 Å². The molecule has 7 heteroatoms. The minimum absolute atomic E-state index is 0.0576. The Kier molecular flexibility index (Phi) is 4.19. The largest absolute Gasteiger partial charge is 0.333 e. The quantitative estimate of drug-likeness (QED) is 0.860. The van der Waals surface area contributed by atoms with Gasteiger partial charge < -0.3 is 9.47 Å². The predicted octanol–water partition coefficient (Wildman–Crippen LogP) is 1.65. The summed E-state index contributed by atoms with van der Waals surface area (Å²) in [6.07, 6.45) is 1.33. The van der Waals surface area contributed by atoms with Crippen molar-refractivity contribution in [2.45, 2.75) is 59.7 Å². The van der Waals surface area contributed by atoms with Crippen molar-refractivity contribution in [2.24, 2.45) is 0 Å². The molecule has 7 nitrogen and oxygen atoms in total. The molecule has 0 radical (unpaired) electrons. The highest BCUT2D eigenvalue weighted by atomic mass is 16.2. The first kappa shape index (κ1) is 15.7. The molecular formula is C16H24N6O. The normalized spacial score (nSPS) is 15.6. The maximum atomic E-state index is 12.6. The van der Waals surface area contributed by atoms with Gasteiger partial charge in [-0.25, -0.2) is 0 Å². The van der Waals surface area contributed by atoms with Gasteiger partial charge in [0.25, 0.3) is 0 Å². The predicted molar refractivity (Wildman–Crippen MR) is 85.8 cm³/mol. The summed E-state index contributed by atoms with van der Waals surface area (Å²) in [5.74, 6) is 2.04. The Morgan fingerprint density at radius 2 is 2.09 bits per heavy atom. The molecular weight excluding hydrogens is 292 g/mol. The third-order valence-electron chi connectivity index (χ3n) is 4.43. The van der Waals surface area contributed by atoms with Crippen molar-refractivity contribution < 1.29 is 4.79 Å². The molecule has 3 heterocycles. The molecule has 124 valence electrons.